The number of amides is 2. The van der Waals surface area contributed by atoms with Crippen molar-refractivity contribution in [3.05, 3.63) is 70.5 Å². The molecule has 2 rings (SSSR count). The summed E-state index contributed by atoms with van der Waals surface area (Å²) in [7, 11) is 0. The standard InChI is InChI=1S/C15H12ClFN2O2/c16-12-5-3-11(4-6-12)15(21)19-18-14(20)9-10-1-7-13(17)8-2-10/h1-8H,9H2,(H,18,20)(H,19,21). The number of rotatable bonds is 3. The number of carbonyl (C=O) groups is 2. The molecule has 2 N–H and O–H groups in total. The lowest BCUT2D eigenvalue weighted by Gasteiger charge is -2.07. The molecule has 0 aliphatic rings. The maximum Gasteiger partial charge on any atom is 0.269 e. The molecule has 0 spiro atoms. The van der Waals surface area contributed by atoms with Gasteiger partial charge in [-0.25, -0.2) is 4.39 Å². The van der Waals surface area contributed by atoms with Crippen LogP contribution in [0.3, 0.4) is 0 Å². The predicted octanol–water partition coefficient (Wildman–Crippen LogP) is 2.48. The van der Waals surface area contributed by atoms with Crippen LogP contribution in [0.25, 0.3) is 0 Å². The van der Waals surface area contributed by atoms with E-state index >= 15 is 0 Å². The Balaban J connectivity index is 1.84. The van der Waals surface area contributed by atoms with Crippen LogP contribution in [0.2, 0.25) is 5.02 Å². The first-order chi connectivity index (χ1) is 10.0. The topological polar surface area (TPSA) is 58.2 Å². The molecule has 0 aromatic heterocycles. The summed E-state index contributed by atoms with van der Waals surface area (Å²) in [6.45, 7) is 0. The van der Waals surface area contributed by atoms with Crippen LogP contribution in [-0.2, 0) is 11.2 Å². The van der Waals surface area contributed by atoms with Gasteiger partial charge < -0.3 is 0 Å². The third kappa shape index (κ3) is 4.57. The van der Waals surface area contributed by atoms with Gasteiger partial charge in [-0.1, -0.05) is 23.7 Å². The van der Waals surface area contributed by atoms with Gasteiger partial charge in [0, 0.05) is 10.6 Å². The van der Waals surface area contributed by atoms with Gasteiger partial charge in [-0.15, -0.1) is 0 Å². The number of benzene rings is 2. The van der Waals surface area contributed by atoms with Crippen molar-refractivity contribution in [3.63, 3.8) is 0 Å². The fraction of sp³-hybridized carbons (Fsp3) is 0.0667. The molecule has 0 atom stereocenters. The Kier molecular flexibility index (Phi) is 4.90. The van der Waals surface area contributed by atoms with E-state index in [0.29, 0.717) is 16.1 Å². The minimum atomic E-state index is -0.445. The number of nitrogens with one attached hydrogen (secondary N) is 2. The zero-order chi connectivity index (χ0) is 15.2. The molecular weight excluding hydrogens is 295 g/mol. The molecule has 0 saturated heterocycles. The Labute approximate surface area is 125 Å². The molecule has 2 amide bonds. The summed E-state index contributed by atoms with van der Waals surface area (Å²) in [4.78, 5) is 23.4. The molecule has 2 aromatic carbocycles. The van der Waals surface area contributed by atoms with Gasteiger partial charge in [-0.2, -0.15) is 0 Å². The molecule has 0 radical (unpaired) electrons. The summed E-state index contributed by atoms with van der Waals surface area (Å²) in [5.41, 5.74) is 5.61. The zero-order valence-electron chi connectivity index (χ0n) is 10.9. The smallest absolute Gasteiger partial charge is 0.269 e. The number of halogens is 2. The normalized spacial score (nSPS) is 10.0. The van der Waals surface area contributed by atoms with E-state index in [1.165, 1.54) is 24.3 Å². The molecule has 0 aliphatic heterocycles. The van der Waals surface area contributed by atoms with Gasteiger partial charge in [-0.3, -0.25) is 20.4 Å². The number of hydrogen-bond acceptors (Lipinski definition) is 2. The number of carbonyl (C=O) groups excluding carboxylic acids is 2. The van der Waals surface area contributed by atoms with Gasteiger partial charge in [0.25, 0.3) is 5.91 Å². The van der Waals surface area contributed by atoms with E-state index in [0.717, 1.165) is 0 Å². The van der Waals surface area contributed by atoms with Crippen molar-refractivity contribution in [1.82, 2.24) is 10.9 Å². The maximum atomic E-state index is 12.7. The summed E-state index contributed by atoms with van der Waals surface area (Å²) in [5, 5.41) is 0.520. The van der Waals surface area contributed by atoms with E-state index in [1.54, 1.807) is 24.3 Å². The lowest BCUT2D eigenvalue weighted by molar-refractivity contribution is -0.121. The largest absolute Gasteiger partial charge is 0.273 e. The van der Waals surface area contributed by atoms with Gasteiger partial charge in [-0.05, 0) is 42.0 Å². The van der Waals surface area contributed by atoms with Crippen molar-refractivity contribution in [1.29, 1.82) is 0 Å². The van der Waals surface area contributed by atoms with Crippen molar-refractivity contribution in [2.75, 3.05) is 0 Å². The molecular formula is C15H12ClFN2O2. The van der Waals surface area contributed by atoms with Gasteiger partial charge in [0.1, 0.15) is 5.82 Å². The van der Waals surface area contributed by atoms with Crippen LogP contribution >= 0.6 is 11.6 Å². The first kappa shape index (κ1) is 15.0. The summed E-state index contributed by atoms with van der Waals surface area (Å²) in [6, 6.07) is 11.8. The number of hydrogen-bond donors (Lipinski definition) is 2. The average Bonchev–Trinajstić information content (AvgIpc) is 2.48. The Bertz CT molecular complexity index is 642. The van der Waals surface area contributed by atoms with Crippen LogP contribution in [0.5, 0.6) is 0 Å². The third-order valence-corrected chi connectivity index (χ3v) is 2.95. The lowest BCUT2D eigenvalue weighted by Crippen LogP contribution is -2.42. The van der Waals surface area contributed by atoms with Gasteiger partial charge in [0.2, 0.25) is 5.91 Å². The van der Waals surface area contributed by atoms with Gasteiger partial charge in [0.05, 0.1) is 6.42 Å². The Morgan fingerprint density at radius 2 is 1.57 bits per heavy atom. The Morgan fingerprint density at radius 3 is 2.19 bits per heavy atom. The summed E-state index contributed by atoms with van der Waals surface area (Å²) < 4.78 is 12.7. The monoisotopic (exact) mass is 306 g/mol. The first-order valence-corrected chi connectivity index (χ1v) is 6.51. The van der Waals surface area contributed by atoms with E-state index < -0.39 is 11.8 Å². The summed E-state index contributed by atoms with van der Waals surface area (Å²) in [5.74, 6) is -1.21. The summed E-state index contributed by atoms with van der Waals surface area (Å²) in [6.07, 6.45) is 0.0428. The highest BCUT2D eigenvalue weighted by molar-refractivity contribution is 6.30. The second-order valence-electron chi connectivity index (χ2n) is 4.31. The molecule has 0 bridgehead atoms. The SMILES string of the molecule is O=C(Cc1ccc(F)cc1)NNC(=O)c1ccc(Cl)cc1. The van der Waals surface area contributed by atoms with Gasteiger partial charge in [0.15, 0.2) is 0 Å². The molecule has 6 heteroatoms. The van der Waals surface area contributed by atoms with Crippen molar-refractivity contribution < 1.29 is 14.0 Å². The minimum Gasteiger partial charge on any atom is -0.273 e. The van der Waals surface area contributed by atoms with Crippen LogP contribution in [0, 0.1) is 5.82 Å². The van der Waals surface area contributed by atoms with E-state index in [4.69, 9.17) is 11.6 Å². The molecule has 0 aliphatic carbocycles. The molecule has 4 nitrogen and oxygen atoms in total. The van der Waals surface area contributed by atoms with Crippen molar-refractivity contribution in [3.8, 4) is 0 Å². The lowest BCUT2D eigenvalue weighted by atomic mass is 10.1. The molecule has 108 valence electrons. The summed E-state index contributed by atoms with van der Waals surface area (Å²) >= 11 is 5.72. The zero-order valence-corrected chi connectivity index (χ0v) is 11.7. The highest BCUT2D eigenvalue weighted by Gasteiger charge is 2.08. The van der Waals surface area contributed by atoms with E-state index in [2.05, 4.69) is 10.9 Å². The molecule has 2 aromatic rings. The third-order valence-electron chi connectivity index (χ3n) is 2.70. The molecule has 0 fully saturated rings. The van der Waals surface area contributed by atoms with E-state index in [1.807, 2.05) is 0 Å². The van der Waals surface area contributed by atoms with Crippen LogP contribution in [-0.4, -0.2) is 11.8 Å². The molecule has 0 unspecified atom stereocenters. The maximum absolute atomic E-state index is 12.7. The highest BCUT2D eigenvalue weighted by atomic mass is 35.5. The van der Waals surface area contributed by atoms with Crippen LogP contribution < -0.4 is 10.9 Å². The quantitative estimate of drug-likeness (QED) is 0.856. The molecule has 0 saturated carbocycles. The van der Waals surface area contributed by atoms with E-state index in [-0.39, 0.29) is 12.2 Å². The Hall–Kier alpha value is -2.40. The van der Waals surface area contributed by atoms with Crippen molar-refractivity contribution in [2.45, 2.75) is 6.42 Å². The molecule has 0 heterocycles. The van der Waals surface area contributed by atoms with Gasteiger partial charge >= 0.3 is 0 Å². The average molecular weight is 307 g/mol. The van der Waals surface area contributed by atoms with Crippen molar-refractivity contribution >= 4 is 23.4 Å². The molecule has 21 heavy (non-hydrogen) atoms. The second kappa shape index (κ2) is 6.85. The van der Waals surface area contributed by atoms with Crippen LogP contribution in [0.15, 0.2) is 48.5 Å². The highest BCUT2D eigenvalue weighted by Crippen LogP contribution is 2.09. The fourth-order valence-corrected chi connectivity index (χ4v) is 1.76. The van der Waals surface area contributed by atoms with Crippen molar-refractivity contribution in [2.24, 2.45) is 0 Å². The van der Waals surface area contributed by atoms with Crippen LogP contribution in [0.4, 0.5) is 4.39 Å². The second-order valence-corrected chi connectivity index (χ2v) is 4.75. The number of hydrazine groups is 1. The fourth-order valence-electron chi connectivity index (χ4n) is 1.63. The minimum absolute atomic E-state index is 0.0428. The Morgan fingerprint density at radius 1 is 0.952 bits per heavy atom. The van der Waals surface area contributed by atoms with Crippen LogP contribution in [0.1, 0.15) is 15.9 Å². The first-order valence-electron chi connectivity index (χ1n) is 6.14. The van der Waals surface area contributed by atoms with E-state index in [9.17, 15) is 14.0 Å². The predicted molar refractivity (Wildman–Crippen MR) is 77.2 cm³/mol.